The van der Waals surface area contributed by atoms with Crippen molar-refractivity contribution < 1.29 is 18.0 Å². The molecule has 0 saturated heterocycles. The minimum atomic E-state index is -2.83. The summed E-state index contributed by atoms with van der Waals surface area (Å²) in [6.07, 6.45) is -2.83. The van der Waals surface area contributed by atoms with Crippen LogP contribution in [0, 0.1) is 9.52 Å². The van der Waals surface area contributed by atoms with Crippen LogP contribution in [0.1, 0.15) is 22.5 Å². The summed E-state index contributed by atoms with van der Waals surface area (Å²) in [5.41, 5.74) is -1.19. The van der Waals surface area contributed by atoms with E-state index in [0.29, 0.717) is 6.07 Å². The molecule has 0 atom stereocenters. The molecule has 0 aliphatic rings. The van der Waals surface area contributed by atoms with Gasteiger partial charge in [-0.25, -0.2) is 18.2 Å². The van der Waals surface area contributed by atoms with Crippen LogP contribution in [-0.4, -0.2) is 10.2 Å². The Hall–Kier alpha value is -0.370. The predicted molar refractivity (Wildman–Crippen MR) is 52.1 cm³/mol. The smallest absolute Gasteiger partial charge is 0.273 e. The van der Waals surface area contributed by atoms with Gasteiger partial charge in [0.25, 0.3) is 11.7 Å². The van der Waals surface area contributed by atoms with Crippen molar-refractivity contribution in [2.75, 3.05) is 0 Å². The lowest BCUT2D eigenvalue weighted by Crippen LogP contribution is -2.04. The van der Waals surface area contributed by atoms with Crippen LogP contribution in [0.4, 0.5) is 13.2 Å². The molecule has 0 amide bonds. The van der Waals surface area contributed by atoms with Crippen LogP contribution in [0.25, 0.3) is 0 Å². The van der Waals surface area contributed by atoms with Crippen LogP contribution < -0.4 is 0 Å². The third kappa shape index (κ3) is 2.35. The van der Waals surface area contributed by atoms with Gasteiger partial charge in [-0.2, -0.15) is 0 Å². The van der Waals surface area contributed by atoms with Crippen LogP contribution in [0.5, 0.6) is 0 Å². The molecule has 0 N–H and O–H groups in total. The van der Waals surface area contributed by atoms with Gasteiger partial charge >= 0.3 is 0 Å². The maximum Gasteiger partial charge on any atom is 0.273 e. The summed E-state index contributed by atoms with van der Waals surface area (Å²) in [5, 5.41) is -1.11. The lowest BCUT2D eigenvalue weighted by molar-refractivity contribution is 0.107. The van der Waals surface area contributed by atoms with Gasteiger partial charge in [0.05, 0.1) is 5.56 Å². The van der Waals surface area contributed by atoms with Crippen molar-refractivity contribution >= 4 is 39.4 Å². The van der Waals surface area contributed by atoms with Crippen LogP contribution in [0.2, 0.25) is 0 Å². The second-order valence-corrected chi connectivity index (χ2v) is 3.64. The van der Waals surface area contributed by atoms with Gasteiger partial charge < -0.3 is 0 Å². The number of pyridine rings is 1. The minimum Gasteiger partial charge on any atom is -0.274 e. The summed E-state index contributed by atoms with van der Waals surface area (Å²) in [7, 11) is 0. The highest BCUT2D eigenvalue weighted by molar-refractivity contribution is 14.1. The Morgan fingerprint density at radius 2 is 2.14 bits per heavy atom. The minimum absolute atomic E-state index is 0.136. The van der Waals surface area contributed by atoms with E-state index in [1.54, 1.807) is 0 Å². The number of nitrogens with zero attached hydrogens (tertiary/aromatic N) is 1. The molecule has 0 saturated carbocycles. The lowest BCUT2D eigenvalue weighted by Gasteiger charge is -2.04. The highest BCUT2D eigenvalue weighted by Gasteiger charge is 2.19. The molecule has 1 rings (SSSR count). The molecule has 2 nitrogen and oxygen atoms in total. The third-order valence-corrected chi connectivity index (χ3v) is 2.42. The fourth-order valence-corrected chi connectivity index (χ4v) is 1.54. The first-order valence-electron chi connectivity index (χ1n) is 3.27. The van der Waals surface area contributed by atoms with E-state index in [4.69, 9.17) is 11.6 Å². The molecule has 0 spiro atoms. The monoisotopic (exact) mass is 335 g/mol. The van der Waals surface area contributed by atoms with Gasteiger partial charge in [-0.15, -0.1) is 0 Å². The highest BCUT2D eigenvalue weighted by Crippen LogP contribution is 2.25. The van der Waals surface area contributed by atoms with Gasteiger partial charge in [-0.3, -0.25) is 4.79 Å². The van der Waals surface area contributed by atoms with Gasteiger partial charge in [-0.05, 0) is 40.3 Å². The van der Waals surface area contributed by atoms with E-state index in [0.717, 1.165) is 0 Å². The Morgan fingerprint density at radius 1 is 1.57 bits per heavy atom. The summed E-state index contributed by atoms with van der Waals surface area (Å²) < 4.78 is 37.2. The Labute approximate surface area is 95.6 Å². The summed E-state index contributed by atoms with van der Waals surface area (Å²) in [6, 6.07) is 0.565. The first-order chi connectivity index (χ1) is 6.43. The summed E-state index contributed by atoms with van der Waals surface area (Å²) in [4.78, 5) is 13.9. The topological polar surface area (TPSA) is 30.0 Å². The summed E-state index contributed by atoms with van der Waals surface area (Å²) in [6.45, 7) is 0. The van der Waals surface area contributed by atoms with E-state index in [1.165, 1.54) is 22.6 Å². The molecular formula is C7H2ClF3INO. The van der Waals surface area contributed by atoms with Crippen LogP contribution in [0.3, 0.4) is 0 Å². The molecule has 14 heavy (non-hydrogen) atoms. The van der Waals surface area contributed by atoms with Crippen LogP contribution in [0.15, 0.2) is 6.07 Å². The van der Waals surface area contributed by atoms with Gasteiger partial charge in [-0.1, -0.05) is 0 Å². The first kappa shape index (κ1) is 11.7. The third-order valence-electron chi connectivity index (χ3n) is 1.38. The van der Waals surface area contributed by atoms with Crippen molar-refractivity contribution in [1.29, 1.82) is 0 Å². The molecule has 0 aromatic carbocycles. The Kier molecular flexibility index (Phi) is 3.71. The maximum absolute atomic E-state index is 12.9. The Bertz CT molecular complexity index is 385. The Balaban J connectivity index is 3.31. The molecule has 0 aliphatic heterocycles. The van der Waals surface area contributed by atoms with Crippen LogP contribution in [-0.2, 0) is 0 Å². The molecule has 0 radical (unpaired) electrons. The molecule has 76 valence electrons. The fraction of sp³-hybridized carbons (Fsp3) is 0.143. The van der Waals surface area contributed by atoms with Crippen molar-refractivity contribution in [3.05, 3.63) is 26.8 Å². The normalized spacial score (nSPS) is 10.7. The largest absolute Gasteiger partial charge is 0.274 e. The van der Waals surface area contributed by atoms with Crippen molar-refractivity contribution in [3.63, 3.8) is 0 Å². The van der Waals surface area contributed by atoms with Gasteiger partial charge in [0.1, 0.15) is 3.70 Å². The molecule has 0 aliphatic carbocycles. The van der Waals surface area contributed by atoms with Crippen molar-refractivity contribution in [1.82, 2.24) is 4.98 Å². The maximum atomic E-state index is 12.9. The van der Waals surface area contributed by atoms with Crippen molar-refractivity contribution in [3.8, 4) is 0 Å². The molecule has 1 aromatic rings. The number of hydrogen-bond acceptors (Lipinski definition) is 2. The summed E-state index contributed by atoms with van der Waals surface area (Å²) >= 11 is 6.46. The van der Waals surface area contributed by atoms with Crippen molar-refractivity contribution in [2.24, 2.45) is 0 Å². The SMILES string of the molecule is O=C(Cl)c1nc(I)c(C(F)F)cc1F. The van der Waals surface area contributed by atoms with Gasteiger partial charge in [0.2, 0.25) is 0 Å². The fourth-order valence-electron chi connectivity index (χ4n) is 0.771. The number of rotatable bonds is 2. The van der Waals surface area contributed by atoms with E-state index >= 15 is 0 Å². The summed E-state index contributed by atoms with van der Waals surface area (Å²) in [5.74, 6) is -1.14. The predicted octanol–water partition coefficient (Wildman–Crippen LogP) is 3.14. The number of carbonyl (C=O) groups is 1. The number of aromatic nitrogens is 1. The number of hydrogen-bond donors (Lipinski definition) is 0. The zero-order valence-corrected chi connectivity index (χ0v) is 9.31. The standard InChI is InChI=1S/C7H2ClF3INO/c8-5(14)4-3(9)1-2(6(10)11)7(12)13-4/h1,6H. The van der Waals surface area contributed by atoms with E-state index < -0.39 is 28.7 Å². The molecular weight excluding hydrogens is 333 g/mol. The first-order valence-corrected chi connectivity index (χ1v) is 4.73. The van der Waals surface area contributed by atoms with Gasteiger partial charge in [0.15, 0.2) is 11.5 Å². The van der Waals surface area contributed by atoms with Gasteiger partial charge in [0, 0.05) is 0 Å². The van der Waals surface area contributed by atoms with E-state index in [1.807, 2.05) is 0 Å². The number of alkyl halides is 2. The number of halogens is 5. The molecule has 0 unspecified atom stereocenters. The highest BCUT2D eigenvalue weighted by atomic mass is 127. The van der Waals surface area contributed by atoms with Crippen LogP contribution >= 0.6 is 34.2 Å². The molecule has 0 bridgehead atoms. The van der Waals surface area contributed by atoms with Crippen molar-refractivity contribution in [2.45, 2.75) is 6.43 Å². The zero-order valence-electron chi connectivity index (χ0n) is 6.40. The molecule has 7 heteroatoms. The molecule has 1 heterocycles. The second-order valence-electron chi connectivity index (χ2n) is 2.27. The quantitative estimate of drug-likeness (QED) is 0.472. The Morgan fingerprint density at radius 3 is 2.57 bits per heavy atom. The number of carbonyl (C=O) groups excluding carboxylic acids is 1. The molecule has 0 fully saturated rings. The lowest BCUT2D eigenvalue weighted by atomic mass is 10.2. The second kappa shape index (κ2) is 4.43. The van der Waals surface area contributed by atoms with E-state index in [-0.39, 0.29) is 3.70 Å². The van der Waals surface area contributed by atoms with E-state index in [2.05, 4.69) is 4.98 Å². The average Bonchev–Trinajstić information content (AvgIpc) is 2.07. The molecule has 1 aromatic heterocycles. The van der Waals surface area contributed by atoms with E-state index in [9.17, 15) is 18.0 Å². The average molecular weight is 335 g/mol. The zero-order chi connectivity index (χ0) is 10.9.